The molecule has 5 nitrogen and oxygen atoms in total. The zero-order valence-corrected chi connectivity index (χ0v) is 15.7. The van der Waals surface area contributed by atoms with Crippen LogP contribution in [0.4, 0.5) is 5.95 Å². The molecule has 1 fully saturated rings. The molecule has 26 heavy (non-hydrogen) atoms. The lowest BCUT2D eigenvalue weighted by molar-refractivity contribution is -0.148. The van der Waals surface area contributed by atoms with Crippen LogP contribution < -0.4 is 4.90 Å². The molecular weight excluding hydrogens is 346 g/mol. The van der Waals surface area contributed by atoms with Crippen LogP contribution in [0.15, 0.2) is 41.1 Å². The highest BCUT2D eigenvalue weighted by molar-refractivity contribution is 7.07. The number of carbonyl (C=O) groups is 1. The number of nitrogens with zero attached hydrogens (tertiary/aromatic N) is 3. The number of hydrogen-bond donors (Lipinski definition) is 0. The Balaban J connectivity index is 1.59. The monoisotopic (exact) mass is 369 g/mol. The van der Waals surface area contributed by atoms with Crippen LogP contribution in [-0.2, 0) is 16.1 Å². The smallest absolute Gasteiger partial charge is 0.309 e. The van der Waals surface area contributed by atoms with Crippen molar-refractivity contribution in [2.75, 3.05) is 24.6 Å². The zero-order chi connectivity index (χ0) is 17.9. The first-order valence-corrected chi connectivity index (χ1v) is 10.1. The lowest BCUT2D eigenvalue weighted by atomic mass is 9.97. The lowest BCUT2D eigenvalue weighted by Crippen LogP contribution is -2.38. The number of rotatable bonds is 5. The fourth-order valence-electron chi connectivity index (χ4n) is 3.60. The topological polar surface area (TPSA) is 47.4 Å². The van der Waals surface area contributed by atoms with Crippen molar-refractivity contribution in [3.63, 3.8) is 0 Å². The number of para-hydroxylation sites is 2. The summed E-state index contributed by atoms with van der Waals surface area (Å²) in [6, 6.07) is 10.4. The number of aromatic nitrogens is 2. The molecule has 0 N–H and O–H groups in total. The largest absolute Gasteiger partial charge is 0.466 e. The van der Waals surface area contributed by atoms with Crippen molar-refractivity contribution in [3.05, 3.63) is 46.7 Å². The molecule has 3 aromatic rings. The Morgan fingerprint density at radius 2 is 2.08 bits per heavy atom. The molecule has 0 saturated carbocycles. The predicted molar refractivity (Wildman–Crippen MR) is 105 cm³/mol. The van der Waals surface area contributed by atoms with Gasteiger partial charge in [0.2, 0.25) is 5.95 Å². The quantitative estimate of drug-likeness (QED) is 0.640. The number of ether oxygens (including phenoxy) is 1. The molecular formula is C20H23N3O2S. The summed E-state index contributed by atoms with van der Waals surface area (Å²) >= 11 is 1.72. The van der Waals surface area contributed by atoms with Crippen LogP contribution in [0.2, 0.25) is 0 Å². The summed E-state index contributed by atoms with van der Waals surface area (Å²) < 4.78 is 7.48. The van der Waals surface area contributed by atoms with Crippen LogP contribution in [0.3, 0.4) is 0 Å². The van der Waals surface area contributed by atoms with Gasteiger partial charge in [-0.2, -0.15) is 11.3 Å². The van der Waals surface area contributed by atoms with Gasteiger partial charge in [-0.05, 0) is 54.3 Å². The first-order valence-electron chi connectivity index (χ1n) is 9.14. The van der Waals surface area contributed by atoms with Crippen molar-refractivity contribution in [2.24, 2.45) is 5.92 Å². The van der Waals surface area contributed by atoms with E-state index < -0.39 is 0 Å². The SMILES string of the molecule is CCOC(=O)C1CCN(c2nc3ccccc3n2Cc2ccsc2)CC1. The summed E-state index contributed by atoms with van der Waals surface area (Å²) in [7, 11) is 0. The van der Waals surface area contributed by atoms with E-state index in [1.54, 1.807) is 11.3 Å². The highest BCUT2D eigenvalue weighted by atomic mass is 32.1. The molecule has 0 spiro atoms. The van der Waals surface area contributed by atoms with Gasteiger partial charge in [-0.1, -0.05) is 12.1 Å². The Morgan fingerprint density at radius 3 is 2.81 bits per heavy atom. The molecule has 3 heterocycles. The summed E-state index contributed by atoms with van der Waals surface area (Å²) in [5.41, 5.74) is 3.47. The highest BCUT2D eigenvalue weighted by Crippen LogP contribution is 2.28. The maximum Gasteiger partial charge on any atom is 0.309 e. The molecule has 136 valence electrons. The van der Waals surface area contributed by atoms with Crippen LogP contribution >= 0.6 is 11.3 Å². The first-order chi connectivity index (χ1) is 12.8. The fraction of sp³-hybridized carbons (Fsp3) is 0.400. The van der Waals surface area contributed by atoms with Crippen molar-refractivity contribution >= 4 is 34.3 Å². The lowest BCUT2D eigenvalue weighted by Gasteiger charge is -2.32. The molecule has 1 saturated heterocycles. The molecule has 0 bridgehead atoms. The van der Waals surface area contributed by atoms with Crippen molar-refractivity contribution in [1.29, 1.82) is 0 Å². The van der Waals surface area contributed by atoms with E-state index in [1.165, 1.54) is 5.56 Å². The molecule has 0 radical (unpaired) electrons. The molecule has 1 aromatic carbocycles. The van der Waals surface area contributed by atoms with Gasteiger partial charge in [0, 0.05) is 13.1 Å². The second-order valence-corrected chi connectivity index (χ2v) is 7.41. The van der Waals surface area contributed by atoms with Gasteiger partial charge < -0.3 is 14.2 Å². The molecule has 0 unspecified atom stereocenters. The van der Waals surface area contributed by atoms with Gasteiger partial charge in [-0.25, -0.2) is 4.98 Å². The van der Waals surface area contributed by atoms with E-state index in [9.17, 15) is 4.79 Å². The normalized spacial score (nSPS) is 15.5. The fourth-order valence-corrected chi connectivity index (χ4v) is 4.26. The predicted octanol–water partition coefficient (Wildman–Crippen LogP) is 3.93. The maximum atomic E-state index is 12.0. The molecule has 1 aliphatic rings. The summed E-state index contributed by atoms with van der Waals surface area (Å²) in [5.74, 6) is 0.958. The van der Waals surface area contributed by atoms with E-state index >= 15 is 0 Å². The molecule has 2 aromatic heterocycles. The van der Waals surface area contributed by atoms with E-state index in [1.807, 2.05) is 13.0 Å². The Labute approximate surface area is 157 Å². The Morgan fingerprint density at radius 1 is 1.27 bits per heavy atom. The van der Waals surface area contributed by atoms with Crippen molar-refractivity contribution in [3.8, 4) is 0 Å². The van der Waals surface area contributed by atoms with Crippen LogP contribution in [0.5, 0.6) is 0 Å². The molecule has 0 amide bonds. The average Bonchev–Trinajstić information content (AvgIpc) is 3.31. The number of fused-ring (bicyclic) bond motifs is 1. The van der Waals surface area contributed by atoms with Crippen molar-refractivity contribution in [1.82, 2.24) is 9.55 Å². The summed E-state index contributed by atoms with van der Waals surface area (Å²) in [6.45, 7) is 4.79. The minimum atomic E-state index is -0.0565. The van der Waals surface area contributed by atoms with Gasteiger partial charge in [0.25, 0.3) is 0 Å². The maximum absolute atomic E-state index is 12.0. The molecule has 1 aliphatic heterocycles. The van der Waals surface area contributed by atoms with Crippen LogP contribution in [0.1, 0.15) is 25.3 Å². The Bertz CT molecular complexity index is 880. The first kappa shape index (κ1) is 17.1. The number of anilines is 1. The van der Waals surface area contributed by atoms with Gasteiger partial charge in [0.1, 0.15) is 0 Å². The third kappa shape index (κ3) is 3.33. The second-order valence-electron chi connectivity index (χ2n) is 6.63. The minimum Gasteiger partial charge on any atom is -0.466 e. The number of hydrogen-bond acceptors (Lipinski definition) is 5. The molecule has 6 heteroatoms. The summed E-state index contributed by atoms with van der Waals surface area (Å²) in [4.78, 5) is 19.2. The van der Waals surface area contributed by atoms with E-state index in [0.717, 1.165) is 49.5 Å². The Hall–Kier alpha value is -2.34. The number of carbonyl (C=O) groups excluding carboxylic acids is 1. The van der Waals surface area contributed by atoms with Crippen molar-refractivity contribution < 1.29 is 9.53 Å². The van der Waals surface area contributed by atoms with Gasteiger partial charge in [-0.3, -0.25) is 4.79 Å². The molecule has 4 rings (SSSR count). The van der Waals surface area contributed by atoms with E-state index in [-0.39, 0.29) is 11.9 Å². The number of piperidine rings is 1. The van der Waals surface area contributed by atoms with Crippen LogP contribution in [-0.4, -0.2) is 35.2 Å². The van der Waals surface area contributed by atoms with E-state index in [0.29, 0.717) is 6.61 Å². The average molecular weight is 369 g/mol. The zero-order valence-electron chi connectivity index (χ0n) is 14.9. The van der Waals surface area contributed by atoms with E-state index in [2.05, 4.69) is 44.5 Å². The van der Waals surface area contributed by atoms with Gasteiger partial charge in [-0.15, -0.1) is 0 Å². The van der Waals surface area contributed by atoms with Gasteiger partial charge >= 0.3 is 5.97 Å². The second kappa shape index (κ2) is 7.50. The van der Waals surface area contributed by atoms with Gasteiger partial charge in [0.05, 0.1) is 30.1 Å². The Kier molecular flexibility index (Phi) is 4.93. The number of benzene rings is 1. The standard InChI is InChI=1S/C20H23N3O2S/c1-2-25-19(24)16-7-10-22(11-8-16)20-21-17-5-3-4-6-18(17)23(20)13-15-9-12-26-14-15/h3-6,9,12,14,16H,2,7-8,10-11,13H2,1H3. The van der Waals surface area contributed by atoms with E-state index in [4.69, 9.17) is 9.72 Å². The van der Waals surface area contributed by atoms with Gasteiger partial charge in [0.15, 0.2) is 0 Å². The minimum absolute atomic E-state index is 0.0147. The van der Waals surface area contributed by atoms with Crippen molar-refractivity contribution in [2.45, 2.75) is 26.3 Å². The summed E-state index contributed by atoms with van der Waals surface area (Å²) in [5, 5.41) is 4.30. The number of thiophene rings is 1. The number of esters is 1. The number of imidazole rings is 1. The highest BCUT2D eigenvalue weighted by Gasteiger charge is 2.28. The summed E-state index contributed by atoms with van der Waals surface area (Å²) in [6.07, 6.45) is 1.64. The van der Waals surface area contributed by atoms with Crippen LogP contribution in [0, 0.1) is 5.92 Å². The molecule has 0 aliphatic carbocycles. The third-order valence-corrected chi connectivity index (χ3v) is 5.68. The van der Waals surface area contributed by atoms with Crippen LogP contribution in [0.25, 0.3) is 11.0 Å². The molecule has 0 atom stereocenters. The third-order valence-electron chi connectivity index (χ3n) is 4.95.